The molecule has 0 heterocycles. The van der Waals surface area contributed by atoms with E-state index in [1.807, 2.05) is 0 Å². The summed E-state index contributed by atoms with van der Waals surface area (Å²) in [4.78, 5) is 0. The van der Waals surface area contributed by atoms with Gasteiger partial charge in [0.1, 0.15) is 0 Å². The fourth-order valence-corrected chi connectivity index (χ4v) is 6.25. The Kier molecular flexibility index (Phi) is 14.6. The van der Waals surface area contributed by atoms with Gasteiger partial charge in [0.05, 0.1) is 0 Å². The smallest absolute Gasteiger partial charge is 0.00704 e. The Morgan fingerprint density at radius 1 is 0.450 bits per heavy atom. The molecule has 0 amide bonds. The van der Waals surface area contributed by atoms with Gasteiger partial charge >= 0.3 is 0 Å². The molecule has 40 heavy (non-hydrogen) atoms. The second-order valence-corrected chi connectivity index (χ2v) is 13.0. The molecular weight excluding hydrogens is 480 g/mol. The first-order valence-electron chi connectivity index (χ1n) is 16.8. The van der Waals surface area contributed by atoms with Crippen molar-refractivity contribution in [3.8, 4) is 22.3 Å². The van der Waals surface area contributed by atoms with Gasteiger partial charge in [-0.2, -0.15) is 0 Å². The molecule has 3 rings (SSSR count). The summed E-state index contributed by atoms with van der Waals surface area (Å²) >= 11 is 0. The lowest BCUT2D eigenvalue weighted by Gasteiger charge is -2.27. The minimum atomic E-state index is 0.128. The van der Waals surface area contributed by atoms with E-state index < -0.39 is 0 Å². The van der Waals surface area contributed by atoms with Crippen LogP contribution in [0.25, 0.3) is 22.3 Å². The summed E-state index contributed by atoms with van der Waals surface area (Å²) in [5.74, 6) is 0. The SMILES string of the molecule is CCCCCCCCCCCCCCCCCCc1c(C(C)(C)C)ccc(-c2ccccc2)c1-c1ccccc1. The standard InChI is InChI=1S/C40H58/c1-5-6-7-8-9-10-11-12-13-14-15-16-17-18-19-26-31-37-38(40(2,3)4)33-32-36(34-27-22-20-23-28-34)39(37)35-29-24-21-25-30-35/h20-25,27-30,32-33H,5-19,26,31H2,1-4H3. The van der Waals surface area contributed by atoms with Crippen LogP contribution in [0.2, 0.25) is 0 Å². The molecule has 0 spiro atoms. The molecule has 0 bridgehead atoms. The average Bonchev–Trinajstić information content (AvgIpc) is 2.97. The van der Waals surface area contributed by atoms with Gasteiger partial charge in [0.15, 0.2) is 0 Å². The van der Waals surface area contributed by atoms with E-state index in [2.05, 4.69) is 100 Å². The van der Waals surface area contributed by atoms with Crippen molar-refractivity contribution in [1.29, 1.82) is 0 Å². The van der Waals surface area contributed by atoms with Crippen LogP contribution in [0.3, 0.4) is 0 Å². The number of hydrogen-bond donors (Lipinski definition) is 0. The molecule has 0 aromatic heterocycles. The van der Waals surface area contributed by atoms with E-state index in [-0.39, 0.29) is 5.41 Å². The van der Waals surface area contributed by atoms with Gasteiger partial charge in [-0.3, -0.25) is 0 Å². The number of benzene rings is 3. The molecule has 0 saturated carbocycles. The summed E-state index contributed by atoms with van der Waals surface area (Å²) in [5.41, 5.74) is 8.67. The van der Waals surface area contributed by atoms with Gasteiger partial charge < -0.3 is 0 Å². The number of unbranched alkanes of at least 4 members (excludes halogenated alkanes) is 15. The molecule has 0 unspecified atom stereocenters. The zero-order valence-corrected chi connectivity index (χ0v) is 26.4. The highest BCUT2D eigenvalue weighted by Gasteiger charge is 2.23. The first-order chi connectivity index (χ1) is 19.5. The van der Waals surface area contributed by atoms with Crippen LogP contribution in [-0.4, -0.2) is 0 Å². The van der Waals surface area contributed by atoms with Gasteiger partial charge in [-0.15, -0.1) is 0 Å². The predicted molar refractivity (Wildman–Crippen MR) is 179 cm³/mol. The maximum Gasteiger partial charge on any atom is -0.00704 e. The van der Waals surface area contributed by atoms with E-state index >= 15 is 0 Å². The van der Waals surface area contributed by atoms with Crippen molar-refractivity contribution in [2.45, 2.75) is 142 Å². The van der Waals surface area contributed by atoms with Crippen LogP contribution in [0.1, 0.15) is 142 Å². The van der Waals surface area contributed by atoms with Crippen molar-refractivity contribution >= 4 is 0 Å². The van der Waals surface area contributed by atoms with Crippen molar-refractivity contribution in [1.82, 2.24) is 0 Å². The maximum absolute atomic E-state index is 2.41. The molecule has 0 atom stereocenters. The van der Waals surface area contributed by atoms with Crippen LogP contribution >= 0.6 is 0 Å². The van der Waals surface area contributed by atoms with E-state index in [0.717, 1.165) is 6.42 Å². The van der Waals surface area contributed by atoms with Crippen LogP contribution in [0.4, 0.5) is 0 Å². The van der Waals surface area contributed by atoms with Crippen molar-refractivity contribution in [3.63, 3.8) is 0 Å². The van der Waals surface area contributed by atoms with E-state index in [9.17, 15) is 0 Å². The van der Waals surface area contributed by atoms with Crippen molar-refractivity contribution in [2.24, 2.45) is 0 Å². The lowest BCUT2D eigenvalue weighted by Crippen LogP contribution is -2.15. The Bertz CT molecular complexity index is 1050. The predicted octanol–water partition coefficient (Wildman–Crippen LogP) is 13.1. The topological polar surface area (TPSA) is 0 Å². The summed E-state index contributed by atoms with van der Waals surface area (Å²) in [7, 11) is 0. The Balaban J connectivity index is 1.50. The highest BCUT2D eigenvalue weighted by molar-refractivity contribution is 5.86. The third-order valence-corrected chi connectivity index (χ3v) is 8.55. The summed E-state index contributed by atoms with van der Waals surface area (Å²) in [6, 6.07) is 26.9. The van der Waals surface area contributed by atoms with Crippen molar-refractivity contribution in [3.05, 3.63) is 83.9 Å². The summed E-state index contributed by atoms with van der Waals surface area (Å²) in [5, 5.41) is 0. The Morgan fingerprint density at radius 2 is 0.875 bits per heavy atom. The molecule has 0 N–H and O–H groups in total. The molecule has 0 fully saturated rings. The van der Waals surface area contributed by atoms with Gasteiger partial charge in [-0.25, -0.2) is 0 Å². The van der Waals surface area contributed by atoms with Gasteiger partial charge in [-0.05, 0) is 51.6 Å². The summed E-state index contributed by atoms with van der Waals surface area (Å²) < 4.78 is 0. The molecule has 218 valence electrons. The largest absolute Gasteiger partial charge is 0.0654 e. The van der Waals surface area contributed by atoms with Crippen LogP contribution in [0.15, 0.2) is 72.8 Å². The molecule has 0 heteroatoms. The van der Waals surface area contributed by atoms with Crippen LogP contribution < -0.4 is 0 Å². The lowest BCUT2D eigenvalue weighted by atomic mass is 9.77. The number of hydrogen-bond acceptors (Lipinski definition) is 0. The molecule has 0 aliphatic carbocycles. The molecule has 3 aromatic carbocycles. The van der Waals surface area contributed by atoms with E-state index in [4.69, 9.17) is 0 Å². The minimum absolute atomic E-state index is 0.128. The molecule has 0 saturated heterocycles. The summed E-state index contributed by atoms with van der Waals surface area (Å²) in [6.45, 7) is 9.42. The van der Waals surface area contributed by atoms with E-state index in [1.165, 1.54) is 131 Å². The molecule has 0 nitrogen and oxygen atoms in total. The first-order valence-corrected chi connectivity index (χ1v) is 16.8. The van der Waals surface area contributed by atoms with Crippen LogP contribution in [-0.2, 0) is 11.8 Å². The fourth-order valence-electron chi connectivity index (χ4n) is 6.25. The fraction of sp³-hybridized carbons (Fsp3) is 0.550. The monoisotopic (exact) mass is 538 g/mol. The van der Waals surface area contributed by atoms with Gasteiger partial charge in [0.2, 0.25) is 0 Å². The van der Waals surface area contributed by atoms with Gasteiger partial charge in [0, 0.05) is 0 Å². The molecule has 3 aromatic rings. The quantitative estimate of drug-likeness (QED) is 0.133. The highest BCUT2D eigenvalue weighted by atomic mass is 14.3. The second-order valence-electron chi connectivity index (χ2n) is 13.0. The minimum Gasteiger partial charge on any atom is -0.0654 e. The zero-order chi connectivity index (χ0) is 28.5. The number of rotatable bonds is 19. The van der Waals surface area contributed by atoms with Crippen molar-refractivity contribution < 1.29 is 0 Å². The Hall–Kier alpha value is -2.34. The van der Waals surface area contributed by atoms with Gasteiger partial charge in [-0.1, -0.05) is 197 Å². The van der Waals surface area contributed by atoms with Crippen molar-refractivity contribution in [2.75, 3.05) is 0 Å². The second kappa shape index (κ2) is 18.2. The maximum atomic E-state index is 2.41. The molecule has 0 aliphatic heterocycles. The van der Waals surface area contributed by atoms with Crippen LogP contribution in [0.5, 0.6) is 0 Å². The zero-order valence-electron chi connectivity index (χ0n) is 26.4. The Morgan fingerprint density at radius 3 is 1.32 bits per heavy atom. The normalized spacial score (nSPS) is 11.7. The van der Waals surface area contributed by atoms with E-state index in [0.29, 0.717) is 0 Å². The Labute approximate surface area is 248 Å². The highest BCUT2D eigenvalue weighted by Crippen LogP contribution is 2.41. The van der Waals surface area contributed by atoms with E-state index in [1.54, 1.807) is 5.56 Å². The third-order valence-electron chi connectivity index (χ3n) is 8.55. The third kappa shape index (κ3) is 10.9. The molecular formula is C40H58. The molecule has 0 radical (unpaired) electrons. The van der Waals surface area contributed by atoms with Crippen LogP contribution in [0, 0.1) is 0 Å². The average molecular weight is 539 g/mol. The van der Waals surface area contributed by atoms with Gasteiger partial charge in [0.25, 0.3) is 0 Å². The molecule has 0 aliphatic rings. The summed E-state index contributed by atoms with van der Waals surface area (Å²) in [6.07, 6.45) is 23.8. The first kappa shape index (κ1) is 32.2. The lowest BCUT2D eigenvalue weighted by molar-refractivity contribution is 0.528.